The lowest BCUT2D eigenvalue weighted by atomic mass is 9.74. The summed E-state index contributed by atoms with van der Waals surface area (Å²) in [6.45, 7) is 6.81. The quantitative estimate of drug-likeness (QED) is 0.922. The Morgan fingerprint density at radius 1 is 1.04 bits per heavy atom. The molecule has 1 aromatic carbocycles. The van der Waals surface area contributed by atoms with Crippen LogP contribution in [0.5, 0.6) is 0 Å². The van der Waals surface area contributed by atoms with Crippen molar-refractivity contribution in [1.82, 2.24) is 9.80 Å². The van der Waals surface area contributed by atoms with Crippen molar-refractivity contribution in [2.75, 3.05) is 39.3 Å². The Balaban J connectivity index is 1.25. The highest BCUT2D eigenvalue weighted by Crippen LogP contribution is 2.43. The van der Waals surface area contributed by atoms with E-state index in [1.54, 1.807) is 5.56 Å². The lowest BCUT2D eigenvalue weighted by Gasteiger charge is -2.39. The lowest BCUT2D eigenvalue weighted by molar-refractivity contribution is 0.0672. The molecule has 1 aliphatic carbocycles. The van der Waals surface area contributed by atoms with Crippen molar-refractivity contribution in [2.45, 2.75) is 43.6 Å². The summed E-state index contributed by atoms with van der Waals surface area (Å²) in [4.78, 5) is 5.08. The maximum Gasteiger partial charge on any atom is 0.0667 e. The summed E-state index contributed by atoms with van der Waals surface area (Å²) in [6, 6.07) is 8.91. The van der Waals surface area contributed by atoms with Gasteiger partial charge in [0.05, 0.1) is 6.10 Å². The fraction of sp³-hybridized carbons (Fsp3) is 0.619. The minimum Gasteiger partial charge on any atom is -0.392 e. The number of fused-ring (bicyclic) bond motifs is 2. The number of rotatable bonds is 4. The van der Waals surface area contributed by atoms with Crippen molar-refractivity contribution in [3.63, 3.8) is 0 Å². The fourth-order valence-electron chi connectivity index (χ4n) is 4.80. The zero-order chi connectivity index (χ0) is 16.4. The van der Waals surface area contributed by atoms with Gasteiger partial charge in [-0.25, -0.2) is 0 Å². The Kier molecular flexibility index (Phi) is 4.75. The molecule has 2 saturated heterocycles. The molecule has 0 bridgehead atoms. The molecular formula is C21H30N2O. The molecule has 130 valence electrons. The lowest BCUT2D eigenvalue weighted by Crippen LogP contribution is -2.43. The molecule has 3 nitrogen and oxygen atoms in total. The first-order valence-corrected chi connectivity index (χ1v) is 9.67. The Labute approximate surface area is 146 Å². The molecule has 1 spiro atoms. The van der Waals surface area contributed by atoms with Gasteiger partial charge in [-0.1, -0.05) is 36.4 Å². The monoisotopic (exact) mass is 326 g/mol. The van der Waals surface area contributed by atoms with Gasteiger partial charge in [0, 0.05) is 12.0 Å². The molecule has 0 amide bonds. The summed E-state index contributed by atoms with van der Waals surface area (Å²) in [5.41, 5.74) is 3.28. The van der Waals surface area contributed by atoms with Crippen molar-refractivity contribution < 1.29 is 5.11 Å². The molecule has 1 N–H and O–H groups in total. The summed E-state index contributed by atoms with van der Waals surface area (Å²) >= 11 is 0. The van der Waals surface area contributed by atoms with Crippen LogP contribution in [0.25, 0.3) is 6.08 Å². The third-order valence-electron chi connectivity index (χ3n) is 6.26. The van der Waals surface area contributed by atoms with Crippen molar-refractivity contribution in [1.29, 1.82) is 0 Å². The normalized spacial score (nSPS) is 26.8. The van der Waals surface area contributed by atoms with Gasteiger partial charge in [-0.2, -0.15) is 0 Å². The summed E-state index contributed by atoms with van der Waals surface area (Å²) in [5.74, 6) is 0. The van der Waals surface area contributed by atoms with Crippen LogP contribution in [0.2, 0.25) is 0 Å². The topological polar surface area (TPSA) is 26.7 Å². The molecule has 3 heteroatoms. The zero-order valence-corrected chi connectivity index (χ0v) is 14.7. The minimum absolute atomic E-state index is 0.0946. The molecule has 2 fully saturated rings. The van der Waals surface area contributed by atoms with Crippen LogP contribution in [0, 0.1) is 0 Å². The smallest absolute Gasteiger partial charge is 0.0667 e. The molecule has 3 aliphatic rings. The van der Waals surface area contributed by atoms with Crippen molar-refractivity contribution >= 4 is 6.08 Å². The van der Waals surface area contributed by atoms with Crippen LogP contribution in [0.1, 0.15) is 43.2 Å². The highest BCUT2D eigenvalue weighted by atomic mass is 16.3. The van der Waals surface area contributed by atoms with Gasteiger partial charge in [0.15, 0.2) is 0 Å². The molecule has 4 rings (SSSR count). The number of piperidine rings is 2. The summed E-state index contributed by atoms with van der Waals surface area (Å²) in [6.07, 6.45) is 10.6. The van der Waals surface area contributed by atoms with Crippen LogP contribution < -0.4 is 0 Å². The van der Waals surface area contributed by atoms with Crippen LogP contribution in [0.4, 0.5) is 0 Å². The van der Waals surface area contributed by atoms with Gasteiger partial charge in [0.2, 0.25) is 0 Å². The summed E-state index contributed by atoms with van der Waals surface area (Å²) in [5, 5.41) is 9.77. The maximum absolute atomic E-state index is 9.77. The Hall–Kier alpha value is -1.16. The number of likely N-dealkylation sites (tertiary alicyclic amines) is 2. The van der Waals surface area contributed by atoms with E-state index >= 15 is 0 Å². The first kappa shape index (κ1) is 16.3. The van der Waals surface area contributed by atoms with Crippen LogP contribution in [-0.2, 0) is 5.41 Å². The van der Waals surface area contributed by atoms with E-state index < -0.39 is 0 Å². The van der Waals surface area contributed by atoms with E-state index in [-0.39, 0.29) is 6.10 Å². The standard InChI is InChI=1S/C21H30N2O/c24-19-6-3-12-23(17-19)14-4-13-22-15-10-21(11-16-22)9-8-18-5-1-2-7-20(18)21/h1-2,5,7-9,19,24H,3-4,6,10-17H2. The molecule has 1 unspecified atom stereocenters. The fourth-order valence-corrected chi connectivity index (χ4v) is 4.80. The first-order valence-electron chi connectivity index (χ1n) is 9.67. The maximum atomic E-state index is 9.77. The number of hydrogen-bond acceptors (Lipinski definition) is 3. The van der Waals surface area contributed by atoms with E-state index in [2.05, 4.69) is 46.2 Å². The van der Waals surface area contributed by atoms with Gasteiger partial charge in [-0.15, -0.1) is 0 Å². The second kappa shape index (κ2) is 6.99. The van der Waals surface area contributed by atoms with Crippen LogP contribution in [0.3, 0.4) is 0 Å². The molecule has 1 atom stereocenters. The Morgan fingerprint density at radius 2 is 1.83 bits per heavy atom. The summed E-state index contributed by atoms with van der Waals surface area (Å²) in [7, 11) is 0. The Morgan fingerprint density at radius 3 is 2.67 bits per heavy atom. The van der Waals surface area contributed by atoms with E-state index in [1.807, 2.05) is 0 Å². The molecular weight excluding hydrogens is 296 g/mol. The second-order valence-electron chi connectivity index (χ2n) is 7.87. The number of aliphatic hydroxyl groups excluding tert-OH is 1. The first-order chi connectivity index (χ1) is 11.8. The molecule has 2 aliphatic heterocycles. The molecule has 0 saturated carbocycles. The van der Waals surface area contributed by atoms with E-state index in [1.165, 1.54) is 51.0 Å². The van der Waals surface area contributed by atoms with E-state index in [4.69, 9.17) is 0 Å². The van der Waals surface area contributed by atoms with Gasteiger partial charge in [-0.05, 0) is 76.0 Å². The van der Waals surface area contributed by atoms with Gasteiger partial charge >= 0.3 is 0 Å². The van der Waals surface area contributed by atoms with E-state index in [0.717, 1.165) is 25.9 Å². The molecule has 1 aromatic rings. The number of nitrogens with zero attached hydrogens (tertiary/aromatic N) is 2. The highest BCUT2D eigenvalue weighted by molar-refractivity contribution is 5.65. The number of benzene rings is 1. The third kappa shape index (κ3) is 3.30. The van der Waals surface area contributed by atoms with Gasteiger partial charge in [0.25, 0.3) is 0 Å². The van der Waals surface area contributed by atoms with Gasteiger partial charge < -0.3 is 14.9 Å². The third-order valence-corrected chi connectivity index (χ3v) is 6.26. The van der Waals surface area contributed by atoms with Gasteiger partial charge in [-0.3, -0.25) is 0 Å². The van der Waals surface area contributed by atoms with Crippen molar-refractivity contribution in [3.05, 3.63) is 41.5 Å². The summed E-state index contributed by atoms with van der Waals surface area (Å²) < 4.78 is 0. The number of allylic oxidation sites excluding steroid dienone is 1. The number of aliphatic hydroxyl groups is 1. The van der Waals surface area contributed by atoms with E-state index in [9.17, 15) is 5.11 Å². The van der Waals surface area contributed by atoms with Crippen LogP contribution in [0.15, 0.2) is 30.3 Å². The SMILES string of the molecule is OC1CCCN(CCCN2CCC3(C=Cc4ccccc43)CC2)C1. The van der Waals surface area contributed by atoms with Gasteiger partial charge in [0.1, 0.15) is 0 Å². The highest BCUT2D eigenvalue weighted by Gasteiger charge is 2.37. The Bertz CT molecular complexity index is 589. The van der Waals surface area contributed by atoms with Crippen molar-refractivity contribution in [3.8, 4) is 0 Å². The van der Waals surface area contributed by atoms with Crippen molar-refractivity contribution in [2.24, 2.45) is 0 Å². The molecule has 0 radical (unpaired) electrons. The number of hydrogen-bond donors (Lipinski definition) is 1. The van der Waals surface area contributed by atoms with Crippen LogP contribution >= 0.6 is 0 Å². The average molecular weight is 326 g/mol. The number of β-amino-alcohol motifs (C(OH)–C–C–N with tert-alkyl or cyclic N) is 1. The molecule has 0 aromatic heterocycles. The zero-order valence-electron chi connectivity index (χ0n) is 14.7. The van der Waals surface area contributed by atoms with Crippen LogP contribution in [-0.4, -0.2) is 60.3 Å². The largest absolute Gasteiger partial charge is 0.392 e. The predicted octanol–water partition coefficient (Wildman–Crippen LogP) is 2.89. The molecule has 2 heterocycles. The molecule has 24 heavy (non-hydrogen) atoms. The average Bonchev–Trinajstić information content (AvgIpc) is 2.96. The second-order valence-corrected chi connectivity index (χ2v) is 7.87. The minimum atomic E-state index is -0.0946. The van der Waals surface area contributed by atoms with E-state index in [0.29, 0.717) is 5.41 Å². The predicted molar refractivity (Wildman–Crippen MR) is 99.1 cm³/mol.